The summed E-state index contributed by atoms with van der Waals surface area (Å²) in [6.45, 7) is 6.33. The Labute approximate surface area is 179 Å². The molecule has 0 unspecified atom stereocenters. The smallest absolute Gasteiger partial charge is 0.269 e. The topological polar surface area (TPSA) is 76.0 Å². The van der Waals surface area contributed by atoms with Crippen molar-refractivity contribution in [1.29, 1.82) is 0 Å². The maximum absolute atomic E-state index is 10.9. The number of hydrogen-bond acceptors (Lipinski definition) is 6. The molecule has 0 spiro atoms. The molecule has 1 heterocycles. The highest BCUT2D eigenvalue weighted by molar-refractivity contribution is 7.07. The normalized spacial score (nSPS) is 11.8. The van der Waals surface area contributed by atoms with Crippen molar-refractivity contribution < 1.29 is 4.92 Å². The number of non-ortho nitro benzene ring substituents is 1. The molecule has 8 heteroatoms. The molecule has 0 saturated carbocycles. The maximum atomic E-state index is 10.9. The highest BCUT2D eigenvalue weighted by atomic mass is 32.1. The second-order valence-corrected chi connectivity index (χ2v) is 7.86. The summed E-state index contributed by atoms with van der Waals surface area (Å²) in [7, 11) is 3.99. The first-order valence-corrected chi connectivity index (χ1v) is 10.1. The summed E-state index contributed by atoms with van der Waals surface area (Å²) in [6.07, 6.45) is 1.78. The molecule has 3 aromatic rings. The Morgan fingerprint density at radius 2 is 1.87 bits per heavy atom. The van der Waals surface area contributed by atoms with Gasteiger partial charge in [0.1, 0.15) is 0 Å². The number of aromatic nitrogens is 1. The largest absolute Gasteiger partial charge is 0.378 e. The maximum Gasteiger partial charge on any atom is 0.269 e. The van der Waals surface area contributed by atoms with E-state index in [9.17, 15) is 10.1 Å². The Morgan fingerprint density at radius 1 is 1.20 bits per heavy atom. The molecule has 0 aliphatic carbocycles. The van der Waals surface area contributed by atoms with Crippen LogP contribution in [0.5, 0.6) is 0 Å². The van der Waals surface area contributed by atoms with E-state index in [0.29, 0.717) is 6.54 Å². The summed E-state index contributed by atoms with van der Waals surface area (Å²) in [5.74, 6) is 0. The Morgan fingerprint density at radius 3 is 2.43 bits per heavy atom. The highest BCUT2D eigenvalue weighted by Gasteiger charge is 2.10. The molecule has 154 valence electrons. The minimum Gasteiger partial charge on any atom is -0.378 e. The lowest BCUT2D eigenvalue weighted by Crippen LogP contribution is -2.13. The molecule has 0 fully saturated rings. The summed E-state index contributed by atoms with van der Waals surface area (Å²) >= 11 is 1.47. The average Bonchev–Trinajstić information content (AvgIpc) is 3.13. The van der Waals surface area contributed by atoms with Crippen molar-refractivity contribution in [2.45, 2.75) is 6.92 Å². The van der Waals surface area contributed by atoms with E-state index in [0.717, 1.165) is 32.9 Å². The number of nitro benzene ring substituents is 1. The van der Waals surface area contributed by atoms with Crippen molar-refractivity contribution in [3.8, 4) is 11.3 Å². The molecular weight excluding hydrogens is 398 g/mol. The Balaban J connectivity index is 2.01. The van der Waals surface area contributed by atoms with E-state index in [2.05, 4.69) is 16.7 Å². The van der Waals surface area contributed by atoms with Crippen molar-refractivity contribution in [2.75, 3.05) is 25.5 Å². The standard InChI is InChI=1S/C22H23N5O2S/c1-16(2)13-23-22-26(24-14-17-5-9-19(10-6-17)25(3)4)21(15-30-22)18-7-11-20(12-8-18)27(28)29/h5-12,14-15H,1,13H2,2-4H3. The van der Waals surface area contributed by atoms with Crippen LogP contribution in [0.4, 0.5) is 11.4 Å². The molecule has 0 N–H and O–H groups in total. The molecule has 0 saturated heterocycles. The van der Waals surface area contributed by atoms with Crippen LogP contribution in [0.2, 0.25) is 0 Å². The highest BCUT2D eigenvalue weighted by Crippen LogP contribution is 2.23. The van der Waals surface area contributed by atoms with Crippen LogP contribution in [0.3, 0.4) is 0 Å². The fraction of sp³-hybridized carbons (Fsp3) is 0.182. The lowest BCUT2D eigenvalue weighted by Gasteiger charge is -2.11. The zero-order valence-corrected chi connectivity index (χ0v) is 18.0. The van der Waals surface area contributed by atoms with E-state index in [4.69, 9.17) is 0 Å². The second kappa shape index (κ2) is 9.32. The lowest BCUT2D eigenvalue weighted by atomic mass is 10.1. The third-order valence-corrected chi connectivity index (χ3v) is 5.13. The first-order chi connectivity index (χ1) is 14.3. The predicted molar refractivity (Wildman–Crippen MR) is 123 cm³/mol. The molecule has 3 rings (SSSR count). The minimum absolute atomic E-state index is 0.0530. The quantitative estimate of drug-likeness (QED) is 0.243. The summed E-state index contributed by atoms with van der Waals surface area (Å²) in [5, 5.41) is 17.6. The molecule has 0 aliphatic heterocycles. The zero-order chi connectivity index (χ0) is 21.7. The molecule has 0 aliphatic rings. The monoisotopic (exact) mass is 421 g/mol. The van der Waals surface area contributed by atoms with Crippen LogP contribution < -0.4 is 9.70 Å². The van der Waals surface area contributed by atoms with Gasteiger partial charge in [-0.25, -0.2) is 4.68 Å². The average molecular weight is 422 g/mol. The lowest BCUT2D eigenvalue weighted by molar-refractivity contribution is -0.384. The number of thiazole rings is 1. The van der Waals surface area contributed by atoms with Crippen molar-refractivity contribution in [3.63, 3.8) is 0 Å². The van der Waals surface area contributed by atoms with Crippen LogP contribution in [-0.4, -0.2) is 36.5 Å². The van der Waals surface area contributed by atoms with Gasteiger partial charge in [0, 0.05) is 42.9 Å². The number of anilines is 1. The van der Waals surface area contributed by atoms with Crippen LogP contribution in [-0.2, 0) is 0 Å². The van der Waals surface area contributed by atoms with Crippen molar-refractivity contribution in [3.05, 3.63) is 86.5 Å². The SMILES string of the molecule is C=C(C)CN=c1scc(-c2ccc([N+](=O)[O-])cc2)n1N=Cc1ccc(N(C)C)cc1. The first kappa shape index (κ1) is 21.2. The van der Waals surface area contributed by atoms with Gasteiger partial charge in [0.2, 0.25) is 4.80 Å². The summed E-state index contributed by atoms with van der Waals surface area (Å²) < 4.78 is 1.76. The van der Waals surface area contributed by atoms with Crippen molar-refractivity contribution in [2.24, 2.45) is 10.1 Å². The molecular formula is C22H23N5O2S. The number of nitro groups is 1. The van der Waals surface area contributed by atoms with E-state index in [1.54, 1.807) is 23.0 Å². The van der Waals surface area contributed by atoms with Gasteiger partial charge in [-0.2, -0.15) is 5.10 Å². The minimum atomic E-state index is -0.408. The van der Waals surface area contributed by atoms with Crippen LogP contribution in [0.15, 0.2) is 76.2 Å². The van der Waals surface area contributed by atoms with E-state index in [1.807, 2.05) is 55.6 Å². The molecule has 0 bridgehead atoms. The van der Waals surface area contributed by atoms with E-state index < -0.39 is 4.92 Å². The van der Waals surface area contributed by atoms with E-state index >= 15 is 0 Å². The van der Waals surface area contributed by atoms with Gasteiger partial charge in [-0.15, -0.1) is 11.3 Å². The van der Waals surface area contributed by atoms with E-state index in [1.165, 1.54) is 23.5 Å². The molecule has 7 nitrogen and oxygen atoms in total. The summed E-state index contributed by atoms with van der Waals surface area (Å²) in [6, 6.07) is 14.5. The Kier molecular flexibility index (Phi) is 6.58. The fourth-order valence-corrected chi connectivity index (χ4v) is 3.49. The molecule has 0 amide bonds. The second-order valence-electron chi connectivity index (χ2n) is 7.02. The third kappa shape index (κ3) is 5.09. The third-order valence-electron chi connectivity index (χ3n) is 4.28. The molecule has 30 heavy (non-hydrogen) atoms. The number of hydrogen-bond donors (Lipinski definition) is 0. The summed E-state index contributed by atoms with van der Waals surface area (Å²) in [5.41, 5.74) is 4.72. The first-order valence-electron chi connectivity index (χ1n) is 9.27. The molecule has 0 radical (unpaired) electrons. The van der Waals surface area contributed by atoms with Crippen LogP contribution >= 0.6 is 11.3 Å². The van der Waals surface area contributed by atoms with Gasteiger partial charge in [-0.05, 0) is 36.8 Å². The fourth-order valence-electron chi connectivity index (χ4n) is 2.66. The van der Waals surface area contributed by atoms with Gasteiger partial charge in [0.05, 0.1) is 23.4 Å². The Hall–Kier alpha value is -3.52. The zero-order valence-electron chi connectivity index (χ0n) is 17.1. The van der Waals surface area contributed by atoms with Gasteiger partial charge in [-0.1, -0.05) is 24.3 Å². The van der Waals surface area contributed by atoms with Gasteiger partial charge in [0.25, 0.3) is 5.69 Å². The molecule has 2 aromatic carbocycles. The predicted octanol–water partition coefficient (Wildman–Crippen LogP) is 4.55. The van der Waals surface area contributed by atoms with Gasteiger partial charge in [0.15, 0.2) is 0 Å². The number of nitrogens with zero attached hydrogens (tertiary/aromatic N) is 5. The van der Waals surface area contributed by atoms with Gasteiger partial charge in [-0.3, -0.25) is 15.1 Å². The van der Waals surface area contributed by atoms with Crippen LogP contribution in [0.1, 0.15) is 12.5 Å². The number of benzene rings is 2. The van der Waals surface area contributed by atoms with Crippen LogP contribution in [0, 0.1) is 10.1 Å². The van der Waals surface area contributed by atoms with Crippen LogP contribution in [0.25, 0.3) is 11.3 Å². The Bertz CT molecular complexity index is 1140. The summed E-state index contributed by atoms with van der Waals surface area (Å²) in [4.78, 5) is 17.9. The van der Waals surface area contributed by atoms with Crippen molar-refractivity contribution in [1.82, 2.24) is 4.68 Å². The van der Waals surface area contributed by atoms with Gasteiger partial charge < -0.3 is 4.90 Å². The number of rotatable bonds is 7. The van der Waals surface area contributed by atoms with E-state index in [-0.39, 0.29) is 5.69 Å². The molecule has 1 aromatic heterocycles. The molecule has 0 atom stereocenters. The van der Waals surface area contributed by atoms with Gasteiger partial charge >= 0.3 is 0 Å². The van der Waals surface area contributed by atoms with Crippen molar-refractivity contribution >= 4 is 28.9 Å².